The van der Waals surface area contributed by atoms with Crippen LogP contribution in [0.2, 0.25) is 0 Å². The van der Waals surface area contributed by atoms with Gasteiger partial charge in [-0.15, -0.1) is 0 Å². The first-order valence-electron chi connectivity index (χ1n) is 6.62. The molecule has 1 saturated heterocycles. The Kier molecular flexibility index (Phi) is 3.59. The molecule has 0 unspecified atom stereocenters. The van der Waals surface area contributed by atoms with Crippen molar-refractivity contribution in [2.24, 2.45) is 0 Å². The summed E-state index contributed by atoms with van der Waals surface area (Å²) in [6.45, 7) is 2.93. The van der Waals surface area contributed by atoms with E-state index in [-0.39, 0.29) is 6.61 Å². The molecule has 0 atom stereocenters. The van der Waals surface area contributed by atoms with Crippen LogP contribution in [-0.2, 0) is 9.53 Å². The summed E-state index contributed by atoms with van der Waals surface area (Å²) < 4.78 is 6.47. The van der Waals surface area contributed by atoms with Crippen molar-refractivity contribution in [3.8, 4) is 0 Å². The number of nitrogens with zero attached hydrogens (tertiary/aromatic N) is 2. The highest BCUT2D eigenvalue weighted by atomic mass is 79.9. The lowest BCUT2D eigenvalue weighted by Crippen LogP contribution is -2.62. The van der Waals surface area contributed by atoms with E-state index in [1.165, 1.54) is 0 Å². The molecule has 2 aromatic rings. The number of carboxylic acids is 1. The Morgan fingerprint density at radius 3 is 2.90 bits per heavy atom. The number of benzene rings is 1. The van der Waals surface area contributed by atoms with Gasteiger partial charge in [-0.1, -0.05) is 28.1 Å². The maximum Gasteiger partial charge on any atom is 0.329 e. The minimum absolute atomic E-state index is 0.265. The van der Waals surface area contributed by atoms with Gasteiger partial charge in [-0.3, -0.25) is 0 Å². The number of halogens is 1. The van der Waals surface area contributed by atoms with Gasteiger partial charge in [0, 0.05) is 21.4 Å². The van der Waals surface area contributed by atoms with E-state index in [2.05, 4.69) is 25.8 Å². The molecule has 1 aromatic heterocycles. The fourth-order valence-corrected chi connectivity index (χ4v) is 3.14. The first-order valence-corrected chi connectivity index (χ1v) is 7.42. The van der Waals surface area contributed by atoms with E-state index in [4.69, 9.17) is 9.84 Å². The lowest BCUT2D eigenvalue weighted by molar-refractivity contribution is -0.150. The van der Waals surface area contributed by atoms with Crippen molar-refractivity contribution in [2.45, 2.75) is 12.5 Å². The predicted octanol–water partition coefficient (Wildman–Crippen LogP) is 2.68. The van der Waals surface area contributed by atoms with Crippen molar-refractivity contribution in [1.82, 2.24) is 4.98 Å². The second kappa shape index (κ2) is 5.27. The third kappa shape index (κ3) is 2.73. The molecular weight excluding hydrogens is 336 g/mol. The predicted molar refractivity (Wildman–Crippen MR) is 83.6 cm³/mol. The number of pyridine rings is 1. The smallest absolute Gasteiger partial charge is 0.329 e. The Hall–Kier alpha value is -1.66. The summed E-state index contributed by atoms with van der Waals surface area (Å²) in [5, 5.41) is 10.9. The zero-order chi connectivity index (χ0) is 15.0. The molecule has 1 aliphatic rings. The fraction of sp³-hybridized carbons (Fsp3) is 0.333. The van der Waals surface area contributed by atoms with Crippen LogP contribution in [0.5, 0.6) is 0 Å². The molecule has 1 aliphatic heterocycles. The summed E-state index contributed by atoms with van der Waals surface area (Å²) in [6.07, 6.45) is 1.79. The SMILES string of the molecule is CC1(OCC(=O)O)CN(c2nccc3c(Br)cccc23)C1. The van der Waals surface area contributed by atoms with Gasteiger partial charge in [-0.05, 0) is 19.1 Å². The highest BCUT2D eigenvalue weighted by Gasteiger charge is 2.41. The topological polar surface area (TPSA) is 62.7 Å². The number of rotatable bonds is 4. The van der Waals surface area contributed by atoms with Crippen molar-refractivity contribution in [2.75, 3.05) is 24.6 Å². The van der Waals surface area contributed by atoms with E-state index in [1.54, 1.807) is 6.20 Å². The molecule has 1 N–H and O–H groups in total. The van der Waals surface area contributed by atoms with Crippen LogP contribution in [-0.4, -0.2) is 41.4 Å². The minimum atomic E-state index is -0.943. The number of hydrogen-bond acceptors (Lipinski definition) is 4. The van der Waals surface area contributed by atoms with E-state index in [0.29, 0.717) is 13.1 Å². The molecular formula is C15H15BrN2O3. The van der Waals surface area contributed by atoms with E-state index < -0.39 is 11.6 Å². The fourth-order valence-electron chi connectivity index (χ4n) is 2.64. The Labute approximate surface area is 130 Å². The molecule has 0 amide bonds. The lowest BCUT2D eigenvalue weighted by atomic mass is 9.95. The summed E-state index contributed by atoms with van der Waals surface area (Å²) in [5.41, 5.74) is -0.422. The van der Waals surface area contributed by atoms with Crippen LogP contribution in [0, 0.1) is 0 Å². The quantitative estimate of drug-likeness (QED) is 0.918. The number of hydrogen-bond donors (Lipinski definition) is 1. The summed E-state index contributed by atoms with van der Waals surface area (Å²) in [4.78, 5) is 17.2. The molecule has 6 heteroatoms. The largest absolute Gasteiger partial charge is 0.480 e. The number of aromatic nitrogens is 1. The van der Waals surface area contributed by atoms with Crippen molar-refractivity contribution in [3.63, 3.8) is 0 Å². The molecule has 21 heavy (non-hydrogen) atoms. The Balaban J connectivity index is 1.81. The Morgan fingerprint density at radius 2 is 2.19 bits per heavy atom. The van der Waals surface area contributed by atoms with Crippen LogP contribution in [0.3, 0.4) is 0 Å². The summed E-state index contributed by atoms with van der Waals surface area (Å²) in [7, 11) is 0. The number of carboxylic acid groups (broad SMARTS) is 1. The average molecular weight is 351 g/mol. The molecule has 3 rings (SSSR count). The Bertz CT molecular complexity index is 698. The third-order valence-corrected chi connectivity index (χ3v) is 4.32. The first kappa shape index (κ1) is 14.3. The molecule has 0 aliphatic carbocycles. The minimum Gasteiger partial charge on any atom is -0.480 e. The molecule has 2 heterocycles. The standard InChI is InChI=1S/C15H15BrN2O3/c1-15(21-7-13(19)20)8-18(9-15)14-11-3-2-4-12(16)10(11)5-6-17-14/h2-6H,7-9H2,1H3,(H,19,20). The highest BCUT2D eigenvalue weighted by molar-refractivity contribution is 9.10. The normalized spacial score (nSPS) is 16.8. The third-order valence-electron chi connectivity index (χ3n) is 3.63. The van der Waals surface area contributed by atoms with Crippen molar-refractivity contribution >= 4 is 38.5 Å². The molecule has 1 aromatic carbocycles. The second-order valence-electron chi connectivity index (χ2n) is 5.46. The maximum atomic E-state index is 10.6. The van der Waals surface area contributed by atoms with Gasteiger partial charge in [0.2, 0.25) is 0 Å². The van der Waals surface area contributed by atoms with Gasteiger partial charge in [0.25, 0.3) is 0 Å². The first-order chi connectivity index (χ1) is 9.98. The van der Waals surface area contributed by atoms with Crippen LogP contribution in [0.1, 0.15) is 6.92 Å². The number of fused-ring (bicyclic) bond motifs is 1. The van der Waals surface area contributed by atoms with Crippen LogP contribution in [0.4, 0.5) is 5.82 Å². The zero-order valence-electron chi connectivity index (χ0n) is 11.5. The van der Waals surface area contributed by atoms with Gasteiger partial charge in [-0.2, -0.15) is 0 Å². The van der Waals surface area contributed by atoms with Gasteiger partial charge < -0.3 is 14.7 Å². The summed E-state index contributed by atoms with van der Waals surface area (Å²) in [5.74, 6) is -0.0351. The van der Waals surface area contributed by atoms with E-state index >= 15 is 0 Å². The lowest BCUT2D eigenvalue weighted by Gasteiger charge is -2.48. The van der Waals surface area contributed by atoms with Crippen LogP contribution in [0.15, 0.2) is 34.9 Å². The monoisotopic (exact) mass is 350 g/mol. The van der Waals surface area contributed by atoms with Crippen LogP contribution >= 0.6 is 15.9 Å². The van der Waals surface area contributed by atoms with Gasteiger partial charge >= 0.3 is 5.97 Å². The molecule has 1 fully saturated rings. The number of aliphatic carboxylic acids is 1. The van der Waals surface area contributed by atoms with Crippen molar-refractivity contribution in [1.29, 1.82) is 0 Å². The van der Waals surface area contributed by atoms with Crippen molar-refractivity contribution < 1.29 is 14.6 Å². The Morgan fingerprint density at radius 1 is 1.43 bits per heavy atom. The van der Waals surface area contributed by atoms with Gasteiger partial charge in [-0.25, -0.2) is 9.78 Å². The van der Waals surface area contributed by atoms with E-state index in [1.807, 2.05) is 31.2 Å². The molecule has 0 bridgehead atoms. The molecule has 0 saturated carbocycles. The van der Waals surface area contributed by atoms with Crippen molar-refractivity contribution in [3.05, 3.63) is 34.9 Å². The second-order valence-corrected chi connectivity index (χ2v) is 6.31. The van der Waals surface area contributed by atoms with Crippen LogP contribution in [0.25, 0.3) is 10.8 Å². The molecule has 5 nitrogen and oxygen atoms in total. The molecule has 110 valence electrons. The molecule has 0 spiro atoms. The maximum absolute atomic E-state index is 10.6. The number of ether oxygens (including phenoxy) is 1. The summed E-state index contributed by atoms with van der Waals surface area (Å²) >= 11 is 3.55. The van der Waals surface area contributed by atoms with E-state index in [0.717, 1.165) is 21.1 Å². The number of carbonyl (C=O) groups is 1. The highest BCUT2D eigenvalue weighted by Crippen LogP contribution is 2.35. The number of anilines is 1. The van der Waals surface area contributed by atoms with Gasteiger partial charge in [0.15, 0.2) is 0 Å². The molecule has 0 radical (unpaired) electrons. The summed E-state index contributed by atoms with van der Waals surface area (Å²) in [6, 6.07) is 8.00. The average Bonchev–Trinajstić information content (AvgIpc) is 2.42. The zero-order valence-corrected chi connectivity index (χ0v) is 13.1. The van der Waals surface area contributed by atoms with E-state index in [9.17, 15) is 4.79 Å². The van der Waals surface area contributed by atoms with Gasteiger partial charge in [0.05, 0.1) is 13.1 Å². The van der Waals surface area contributed by atoms with Gasteiger partial charge in [0.1, 0.15) is 18.0 Å². The van der Waals surface area contributed by atoms with Crippen LogP contribution < -0.4 is 4.90 Å².